The monoisotopic (exact) mass is 698 g/mol. The standard InChI is InChI=1S/C28H41F3N4O11S/c1-27(2,3)45-25(38)33(13-20(24(30)31)44-15-43-9-8-42-7)12-16-10-17-18(35(16)26(39)46-28(4,5)6)11-19(36)23(22(17)29)34-14-21(37)32-47(34,40)41/h11,16,20,24,36H,8-10,12-15H2,1-7H3,(H,32,37)/t16-,20?/m1/s1. The smallest absolute Gasteiger partial charge is 0.415 e. The van der Waals surface area contributed by atoms with Gasteiger partial charge in [0.15, 0.2) is 5.82 Å². The molecule has 1 aromatic carbocycles. The van der Waals surface area contributed by atoms with E-state index in [1.807, 2.05) is 0 Å². The zero-order chi connectivity index (χ0) is 35.5. The predicted octanol–water partition coefficient (Wildman–Crippen LogP) is 2.89. The molecule has 47 heavy (non-hydrogen) atoms. The lowest BCUT2D eigenvalue weighted by Crippen LogP contribution is -2.52. The van der Waals surface area contributed by atoms with Crippen LogP contribution >= 0.6 is 0 Å². The molecule has 3 amide bonds. The Morgan fingerprint density at radius 1 is 1.13 bits per heavy atom. The van der Waals surface area contributed by atoms with Crippen LogP contribution in [-0.4, -0.2) is 113 Å². The number of carbonyl (C=O) groups excluding carboxylic acids is 3. The number of benzene rings is 1. The molecule has 1 aromatic rings. The quantitative estimate of drug-likeness (QED) is 0.243. The number of fused-ring (bicyclic) bond motifs is 1. The van der Waals surface area contributed by atoms with Crippen LogP contribution in [-0.2, 0) is 45.1 Å². The van der Waals surface area contributed by atoms with Crippen molar-refractivity contribution in [2.75, 3.05) is 56.0 Å². The number of phenolic OH excluding ortho intramolecular Hbond substituents is 1. The van der Waals surface area contributed by atoms with Gasteiger partial charge in [-0.15, -0.1) is 0 Å². The summed E-state index contributed by atoms with van der Waals surface area (Å²) in [6, 6.07) is -0.265. The first-order valence-electron chi connectivity index (χ1n) is 14.5. The summed E-state index contributed by atoms with van der Waals surface area (Å²) in [5.41, 5.74) is -3.46. The van der Waals surface area contributed by atoms with Gasteiger partial charge in [-0.2, -0.15) is 8.42 Å². The Labute approximate surface area is 271 Å². The van der Waals surface area contributed by atoms with Crippen molar-refractivity contribution in [2.24, 2.45) is 0 Å². The molecule has 19 heteroatoms. The number of ether oxygens (including phenoxy) is 5. The molecule has 1 fully saturated rings. The maximum absolute atomic E-state index is 16.1. The third-order valence-electron chi connectivity index (χ3n) is 6.58. The molecule has 0 aliphatic carbocycles. The van der Waals surface area contributed by atoms with E-state index in [0.29, 0.717) is 4.31 Å². The Balaban J connectivity index is 2.04. The zero-order valence-corrected chi connectivity index (χ0v) is 28.0. The molecule has 0 saturated carbocycles. The zero-order valence-electron chi connectivity index (χ0n) is 27.2. The number of carbonyl (C=O) groups is 3. The van der Waals surface area contributed by atoms with Crippen molar-refractivity contribution in [1.29, 1.82) is 0 Å². The summed E-state index contributed by atoms with van der Waals surface area (Å²) in [4.78, 5) is 40.5. The van der Waals surface area contributed by atoms with Gasteiger partial charge < -0.3 is 33.7 Å². The molecule has 2 N–H and O–H groups in total. The number of halogens is 3. The average molecular weight is 699 g/mol. The van der Waals surface area contributed by atoms with E-state index in [-0.39, 0.29) is 30.9 Å². The molecule has 1 unspecified atom stereocenters. The maximum atomic E-state index is 16.1. The summed E-state index contributed by atoms with van der Waals surface area (Å²) in [6.45, 7) is 6.95. The minimum atomic E-state index is -4.54. The van der Waals surface area contributed by atoms with Crippen molar-refractivity contribution < 1.29 is 64.8 Å². The normalized spacial score (nSPS) is 18.3. The Bertz CT molecular complexity index is 1430. The molecular weight excluding hydrogens is 657 g/mol. The topological polar surface area (TPSA) is 173 Å². The number of alkyl halides is 2. The van der Waals surface area contributed by atoms with Crippen LogP contribution in [0, 0.1) is 5.82 Å². The van der Waals surface area contributed by atoms with Gasteiger partial charge in [-0.25, -0.2) is 31.8 Å². The van der Waals surface area contributed by atoms with Gasteiger partial charge in [0.05, 0.1) is 31.5 Å². The molecular formula is C28H41F3N4O11S. The highest BCUT2D eigenvalue weighted by Gasteiger charge is 2.45. The summed E-state index contributed by atoms with van der Waals surface area (Å²) in [7, 11) is -3.12. The lowest BCUT2D eigenvalue weighted by Gasteiger charge is -2.34. The minimum absolute atomic E-state index is 0.0524. The number of phenols is 1. The predicted molar refractivity (Wildman–Crippen MR) is 160 cm³/mol. The number of hydrogen-bond donors (Lipinski definition) is 2. The maximum Gasteiger partial charge on any atom is 0.415 e. The van der Waals surface area contributed by atoms with Gasteiger partial charge in [0.25, 0.3) is 12.3 Å². The second kappa shape index (κ2) is 14.7. The van der Waals surface area contributed by atoms with Crippen LogP contribution in [0.1, 0.15) is 47.1 Å². The fourth-order valence-electron chi connectivity index (χ4n) is 4.74. The second-order valence-electron chi connectivity index (χ2n) is 12.7. The van der Waals surface area contributed by atoms with Crippen LogP contribution in [0.3, 0.4) is 0 Å². The second-order valence-corrected chi connectivity index (χ2v) is 14.3. The van der Waals surface area contributed by atoms with Gasteiger partial charge in [0.1, 0.15) is 42.1 Å². The summed E-state index contributed by atoms with van der Waals surface area (Å²) >= 11 is 0. The van der Waals surface area contributed by atoms with Gasteiger partial charge >= 0.3 is 22.4 Å². The number of nitrogens with one attached hydrogen (secondary N) is 1. The largest absolute Gasteiger partial charge is 0.506 e. The van der Waals surface area contributed by atoms with Crippen LogP contribution < -0.4 is 13.9 Å². The fourth-order valence-corrected chi connectivity index (χ4v) is 5.90. The van der Waals surface area contributed by atoms with Crippen LogP contribution in [0.4, 0.5) is 34.1 Å². The van der Waals surface area contributed by atoms with Crippen molar-refractivity contribution in [2.45, 2.75) is 77.7 Å². The molecule has 2 aliphatic rings. The first-order valence-corrected chi connectivity index (χ1v) is 15.9. The number of aromatic hydroxyl groups is 1. The number of nitrogens with zero attached hydrogens (tertiary/aromatic N) is 3. The third kappa shape index (κ3) is 9.74. The highest BCUT2D eigenvalue weighted by Crippen LogP contribution is 2.45. The van der Waals surface area contributed by atoms with E-state index in [9.17, 15) is 36.7 Å². The number of methoxy groups -OCH3 is 1. The molecule has 0 bridgehead atoms. The SMILES string of the molecule is COCCOCOC(CN(C[C@H]1Cc2c(cc(O)c(N3CC(=O)NS3(=O)=O)c2F)N1C(=O)OC(C)(C)C)C(=O)OC(C)(C)C)C(F)F. The van der Waals surface area contributed by atoms with Gasteiger partial charge in [-0.1, -0.05) is 0 Å². The van der Waals surface area contributed by atoms with Gasteiger partial charge in [0, 0.05) is 31.7 Å². The molecule has 2 atom stereocenters. The van der Waals surface area contributed by atoms with Gasteiger partial charge in [-0.3, -0.25) is 9.69 Å². The number of rotatable bonds is 12. The molecule has 2 aliphatic heterocycles. The molecule has 0 radical (unpaired) electrons. The third-order valence-corrected chi connectivity index (χ3v) is 7.96. The van der Waals surface area contributed by atoms with Crippen molar-refractivity contribution in [3.63, 3.8) is 0 Å². The Morgan fingerprint density at radius 3 is 2.30 bits per heavy atom. The van der Waals surface area contributed by atoms with Crippen LogP contribution in [0.2, 0.25) is 0 Å². The van der Waals surface area contributed by atoms with E-state index in [2.05, 4.69) is 0 Å². The van der Waals surface area contributed by atoms with E-state index in [4.69, 9.17) is 23.7 Å². The lowest BCUT2D eigenvalue weighted by atomic mass is 10.1. The van der Waals surface area contributed by atoms with E-state index in [1.165, 1.54) is 7.11 Å². The summed E-state index contributed by atoms with van der Waals surface area (Å²) < 4.78 is 97.4. The highest BCUT2D eigenvalue weighted by atomic mass is 32.2. The molecule has 0 spiro atoms. The van der Waals surface area contributed by atoms with Crippen LogP contribution in [0.5, 0.6) is 5.75 Å². The lowest BCUT2D eigenvalue weighted by molar-refractivity contribution is -0.143. The molecule has 3 rings (SSSR count). The van der Waals surface area contributed by atoms with Crippen LogP contribution in [0.25, 0.3) is 0 Å². The molecule has 15 nitrogen and oxygen atoms in total. The van der Waals surface area contributed by atoms with Crippen LogP contribution in [0.15, 0.2) is 6.07 Å². The van der Waals surface area contributed by atoms with Crippen molar-refractivity contribution in [1.82, 2.24) is 9.62 Å². The summed E-state index contributed by atoms with van der Waals surface area (Å²) in [6.07, 6.45) is -7.44. The van der Waals surface area contributed by atoms with E-state index in [1.54, 1.807) is 46.3 Å². The number of hydrogen-bond acceptors (Lipinski definition) is 11. The molecule has 1 saturated heterocycles. The van der Waals surface area contributed by atoms with E-state index < -0.39 is 102 Å². The Hall–Kier alpha value is -3.55. The number of amides is 3. The van der Waals surface area contributed by atoms with E-state index in [0.717, 1.165) is 15.9 Å². The molecule has 0 aromatic heterocycles. The Morgan fingerprint density at radius 2 is 1.77 bits per heavy atom. The molecule has 266 valence electrons. The fraction of sp³-hybridized carbons (Fsp3) is 0.679. The number of anilines is 2. The van der Waals surface area contributed by atoms with E-state index >= 15 is 4.39 Å². The first kappa shape index (κ1) is 37.9. The van der Waals surface area contributed by atoms with Gasteiger partial charge in [-0.05, 0) is 41.5 Å². The highest BCUT2D eigenvalue weighted by molar-refractivity contribution is 7.92. The average Bonchev–Trinajstić information content (AvgIpc) is 3.39. The van der Waals surface area contributed by atoms with Crippen molar-refractivity contribution in [3.8, 4) is 5.75 Å². The first-order chi connectivity index (χ1) is 21.6. The molecule has 2 heterocycles. The Kier molecular flexibility index (Phi) is 11.9. The van der Waals surface area contributed by atoms with Crippen molar-refractivity contribution in [3.05, 3.63) is 17.4 Å². The summed E-state index contributed by atoms with van der Waals surface area (Å²) in [5, 5.41) is 10.8. The van der Waals surface area contributed by atoms with Crippen molar-refractivity contribution >= 4 is 39.7 Å². The summed E-state index contributed by atoms with van der Waals surface area (Å²) in [5.74, 6) is -3.15. The van der Waals surface area contributed by atoms with Gasteiger partial charge in [0.2, 0.25) is 0 Å². The minimum Gasteiger partial charge on any atom is -0.506 e.